The van der Waals surface area contributed by atoms with Crippen molar-refractivity contribution < 1.29 is 8.81 Å². The first-order valence-electron chi connectivity index (χ1n) is 4.04. The molecule has 2 rings (SSSR count). The predicted molar refractivity (Wildman–Crippen MR) is 51.0 cm³/mol. The Hall–Kier alpha value is -1.57. The summed E-state index contributed by atoms with van der Waals surface area (Å²) >= 11 is 0. The summed E-state index contributed by atoms with van der Waals surface area (Å²) < 4.78 is 18.7. The Labute approximate surface area is 75.5 Å². The molecular weight excluding hydrogens is 167 g/mol. The predicted octanol–water partition coefficient (Wildman–Crippen LogP) is 3.52. The lowest BCUT2D eigenvalue weighted by Gasteiger charge is -1.90. The second kappa shape index (κ2) is 2.73. The van der Waals surface area contributed by atoms with Crippen molar-refractivity contribution in [3.63, 3.8) is 0 Å². The van der Waals surface area contributed by atoms with E-state index >= 15 is 0 Å². The third-order valence-electron chi connectivity index (χ3n) is 2.13. The molecule has 0 atom stereocenters. The first kappa shape index (κ1) is 8.05. The highest BCUT2D eigenvalue weighted by atomic mass is 19.1. The molecule has 1 heterocycles. The Bertz CT molecular complexity index is 468. The molecule has 0 aliphatic heterocycles. The van der Waals surface area contributed by atoms with Crippen molar-refractivity contribution in [3.8, 4) is 0 Å². The summed E-state index contributed by atoms with van der Waals surface area (Å²) in [4.78, 5) is 0. The minimum atomic E-state index is -0.244. The maximum Gasteiger partial charge on any atom is 0.138 e. The van der Waals surface area contributed by atoms with Gasteiger partial charge in [-0.1, -0.05) is 12.6 Å². The number of fused-ring (bicyclic) bond motifs is 1. The highest BCUT2D eigenvalue weighted by Gasteiger charge is 2.10. The van der Waals surface area contributed by atoms with Crippen LogP contribution in [-0.2, 0) is 0 Å². The second-order valence-corrected chi connectivity index (χ2v) is 2.91. The van der Waals surface area contributed by atoms with E-state index in [4.69, 9.17) is 4.42 Å². The molecule has 0 saturated carbocycles. The van der Waals surface area contributed by atoms with Crippen molar-refractivity contribution >= 4 is 17.0 Å². The summed E-state index contributed by atoms with van der Waals surface area (Å²) in [6, 6.07) is 4.81. The highest BCUT2D eigenvalue weighted by molar-refractivity contribution is 5.84. The third-order valence-corrected chi connectivity index (χ3v) is 2.13. The lowest BCUT2D eigenvalue weighted by molar-refractivity contribution is 0.598. The van der Waals surface area contributed by atoms with Crippen LogP contribution in [0.15, 0.2) is 29.2 Å². The second-order valence-electron chi connectivity index (χ2n) is 2.91. The quantitative estimate of drug-likeness (QED) is 0.647. The number of halogens is 1. The molecule has 0 N–H and O–H groups in total. The Morgan fingerprint density at radius 3 is 2.85 bits per heavy atom. The average Bonchev–Trinajstić information content (AvgIpc) is 2.44. The summed E-state index contributed by atoms with van der Waals surface area (Å²) in [5.41, 5.74) is 1.38. The van der Waals surface area contributed by atoms with Gasteiger partial charge in [-0.15, -0.1) is 0 Å². The lowest BCUT2D eigenvalue weighted by Crippen LogP contribution is -1.76. The van der Waals surface area contributed by atoms with Crippen molar-refractivity contribution in [2.75, 3.05) is 0 Å². The summed E-state index contributed by atoms with van der Waals surface area (Å²) in [7, 11) is 0. The van der Waals surface area contributed by atoms with Crippen LogP contribution in [0.5, 0.6) is 0 Å². The molecule has 0 fully saturated rings. The van der Waals surface area contributed by atoms with E-state index in [0.717, 1.165) is 5.56 Å². The number of furan rings is 1. The fourth-order valence-electron chi connectivity index (χ4n) is 1.47. The maximum atomic E-state index is 13.3. The van der Waals surface area contributed by atoms with E-state index < -0.39 is 0 Å². The molecule has 2 heteroatoms. The molecule has 1 nitrogen and oxygen atoms in total. The number of aryl methyl sites for hydroxylation is 1. The van der Waals surface area contributed by atoms with Gasteiger partial charge in [0.25, 0.3) is 0 Å². The molecular formula is C11H9FO. The Balaban J connectivity index is 2.92. The van der Waals surface area contributed by atoms with Crippen LogP contribution < -0.4 is 0 Å². The summed E-state index contributed by atoms with van der Waals surface area (Å²) in [5.74, 6) is 0.395. The highest BCUT2D eigenvalue weighted by Crippen LogP contribution is 2.27. The maximum absolute atomic E-state index is 13.3. The molecule has 0 bridgehead atoms. The largest absolute Gasteiger partial charge is 0.456 e. The Morgan fingerprint density at radius 2 is 2.23 bits per heavy atom. The van der Waals surface area contributed by atoms with Crippen molar-refractivity contribution in [3.05, 3.63) is 41.9 Å². The van der Waals surface area contributed by atoms with Crippen LogP contribution in [0.4, 0.5) is 4.39 Å². The van der Waals surface area contributed by atoms with Crippen LogP contribution in [0.2, 0.25) is 0 Å². The molecule has 13 heavy (non-hydrogen) atoms. The van der Waals surface area contributed by atoms with E-state index in [0.29, 0.717) is 16.7 Å². The Kier molecular flexibility index (Phi) is 1.69. The first-order chi connectivity index (χ1) is 6.24. The van der Waals surface area contributed by atoms with E-state index in [-0.39, 0.29) is 5.82 Å². The summed E-state index contributed by atoms with van der Waals surface area (Å²) in [6.45, 7) is 5.43. The number of benzene rings is 1. The smallest absolute Gasteiger partial charge is 0.138 e. The number of hydrogen-bond acceptors (Lipinski definition) is 1. The van der Waals surface area contributed by atoms with Gasteiger partial charge >= 0.3 is 0 Å². The van der Waals surface area contributed by atoms with Gasteiger partial charge in [-0.05, 0) is 25.1 Å². The number of rotatable bonds is 1. The first-order valence-corrected chi connectivity index (χ1v) is 4.04. The van der Waals surface area contributed by atoms with Crippen LogP contribution >= 0.6 is 0 Å². The lowest BCUT2D eigenvalue weighted by atomic mass is 10.1. The van der Waals surface area contributed by atoms with Crippen molar-refractivity contribution in [2.24, 2.45) is 0 Å². The molecule has 0 amide bonds. The topological polar surface area (TPSA) is 13.1 Å². The van der Waals surface area contributed by atoms with E-state index in [2.05, 4.69) is 6.58 Å². The van der Waals surface area contributed by atoms with Gasteiger partial charge in [0.2, 0.25) is 0 Å². The summed E-state index contributed by atoms with van der Waals surface area (Å²) in [5, 5.41) is 0.553. The van der Waals surface area contributed by atoms with E-state index in [1.165, 1.54) is 6.07 Å². The van der Waals surface area contributed by atoms with E-state index in [9.17, 15) is 4.39 Å². The normalized spacial score (nSPS) is 10.6. The van der Waals surface area contributed by atoms with E-state index in [1.807, 2.05) is 6.92 Å². The zero-order valence-electron chi connectivity index (χ0n) is 7.30. The average molecular weight is 176 g/mol. The summed E-state index contributed by atoms with van der Waals surface area (Å²) in [6.07, 6.45) is 1.59. The SMILES string of the molecule is C=Cc1oc2cccc(F)c2c1C. The molecule has 2 aromatic rings. The molecule has 0 aliphatic rings. The fraction of sp³-hybridized carbons (Fsp3) is 0.0909. The fourth-order valence-corrected chi connectivity index (χ4v) is 1.47. The van der Waals surface area contributed by atoms with Gasteiger partial charge in [-0.25, -0.2) is 4.39 Å². The van der Waals surface area contributed by atoms with Gasteiger partial charge in [-0.3, -0.25) is 0 Å². The molecule has 1 aromatic heterocycles. The molecule has 0 spiro atoms. The van der Waals surface area contributed by atoms with Crippen molar-refractivity contribution in [1.82, 2.24) is 0 Å². The molecule has 0 radical (unpaired) electrons. The Morgan fingerprint density at radius 1 is 1.46 bits per heavy atom. The molecule has 0 saturated heterocycles. The molecule has 0 aliphatic carbocycles. The van der Waals surface area contributed by atoms with Gasteiger partial charge in [0.1, 0.15) is 17.2 Å². The van der Waals surface area contributed by atoms with Gasteiger partial charge in [-0.2, -0.15) is 0 Å². The molecule has 66 valence electrons. The zero-order chi connectivity index (χ0) is 9.42. The minimum absolute atomic E-state index is 0.244. The van der Waals surface area contributed by atoms with Crippen LogP contribution in [0.1, 0.15) is 11.3 Å². The van der Waals surface area contributed by atoms with Crippen LogP contribution in [0.25, 0.3) is 17.0 Å². The van der Waals surface area contributed by atoms with E-state index in [1.54, 1.807) is 18.2 Å². The van der Waals surface area contributed by atoms with Gasteiger partial charge in [0, 0.05) is 5.56 Å². The minimum Gasteiger partial charge on any atom is -0.456 e. The molecule has 1 aromatic carbocycles. The standard InChI is InChI=1S/C11H9FO/c1-3-9-7(2)11-8(12)5-4-6-10(11)13-9/h3-6H,1H2,2H3. The van der Waals surface area contributed by atoms with Crippen molar-refractivity contribution in [1.29, 1.82) is 0 Å². The van der Waals surface area contributed by atoms with Crippen LogP contribution in [-0.4, -0.2) is 0 Å². The van der Waals surface area contributed by atoms with Crippen LogP contribution in [0, 0.1) is 12.7 Å². The number of hydrogen-bond donors (Lipinski definition) is 0. The molecule has 0 unspecified atom stereocenters. The van der Waals surface area contributed by atoms with Gasteiger partial charge < -0.3 is 4.42 Å². The zero-order valence-corrected chi connectivity index (χ0v) is 7.30. The van der Waals surface area contributed by atoms with Gasteiger partial charge in [0.05, 0.1) is 5.39 Å². The van der Waals surface area contributed by atoms with Crippen molar-refractivity contribution in [2.45, 2.75) is 6.92 Å². The van der Waals surface area contributed by atoms with Gasteiger partial charge in [0.15, 0.2) is 0 Å². The third kappa shape index (κ3) is 1.06. The van der Waals surface area contributed by atoms with Crippen LogP contribution in [0.3, 0.4) is 0 Å². The monoisotopic (exact) mass is 176 g/mol.